The zero-order valence-electron chi connectivity index (χ0n) is 14.0. The van der Waals surface area contributed by atoms with Gasteiger partial charge in [-0.2, -0.15) is 4.31 Å². The standard InChI is InChI=1S/C19H18ClFN2O2S/c20-14-1-6-19-17(11-14)18(12-22-19)13-7-9-23(10-8-13)26(24,25)16-4-2-15(21)3-5-16/h1-6,11-13,22H,7-10H2. The molecule has 0 bridgehead atoms. The van der Waals surface area contributed by atoms with E-state index in [9.17, 15) is 12.8 Å². The smallest absolute Gasteiger partial charge is 0.243 e. The molecule has 0 aliphatic carbocycles. The highest BCUT2D eigenvalue weighted by Crippen LogP contribution is 2.35. The van der Waals surface area contributed by atoms with Crippen LogP contribution in [0.1, 0.15) is 24.3 Å². The Morgan fingerprint density at radius 2 is 1.77 bits per heavy atom. The van der Waals surface area contributed by atoms with Gasteiger partial charge in [0.25, 0.3) is 0 Å². The molecule has 7 heteroatoms. The zero-order chi connectivity index (χ0) is 18.3. The van der Waals surface area contributed by atoms with Crippen LogP contribution in [0, 0.1) is 5.82 Å². The van der Waals surface area contributed by atoms with Gasteiger partial charge in [0.1, 0.15) is 5.82 Å². The van der Waals surface area contributed by atoms with Gasteiger partial charge in [0.2, 0.25) is 10.0 Å². The van der Waals surface area contributed by atoms with E-state index in [4.69, 9.17) is 11.6 Å². The average Bonchev–Trinajstić information content (AvgIpc) is 3.05. The number of nitrogens with zero attached hydrogens (tertiary/aromatic N) is 1. The Bertz CT molecular complexity index is 1040. The Kier molecular flexibility index (Phi) is 4.50. The van der Waals surface area contributed by atoms with Crippen molar-refractivity contribution in [1.29, 1.82) is 0 Å². The molecular formula is C19H18ClFN2O2S. The third kappa shape index (κ3) is 3.13. The van der Waals surface area contributed by atoms with Crippen LogP contribution in [-0.2, 0) is 10.0 Å². The summed E-state index contributed by atoms with van der Waals surface area (Å²) in [5.41, 5.74) is 2.21. The van der Waals surface area contributed by atoms with Crippen molar-refractivity contribution < 1.29 is 12.8 Å². The van der Waals surface area contributed by atoms with Gasteiger partial charge in [-0.25, -0.2) is 12.8 Å². The van der Waals surface area contributed by atoms with Crippen LogP contribution < -0.4 is 0 Å². The lowest BCUT2D eigenvalue weighted by atomic mass is 9.90. The van der Waals surface area contributed by atoms with E-state index in [0.29, 0.717) is 18.1 Å². The monoisotopic (exact) mass is 392 g/mol. The van der Waals surface area contributed by atoms with E-state index >= 15 is 0 Å². The molecule has 26 heavy (non-hydrogen) atoms. The van der Waals surface area contributed by atoms with Crippen LogP contribution >= 0.6 is 11.6 Å². The van der Waals surface area contributed by atoms with Crippen LogP contribution in [-0.4, -0.2) is 30.8 Å². The number of halogens is 2. The number of hydrogen-bond acceptors (Lipinski definition) is 2. The number of fused-ring (bicyclic) bond motifs is 1. The molecule has 1 aliphatic heterocycles. The SMILES string of the molecule is O=S(=O)(c1ccc(F)cc1)N1CCC(c2c[nH]c3ccc(Cl)cc23)CC1. The zero-order valence-corrected chi connectivity index (χ0v) is 15.5. The lowest BCUT2D eigenvalue weighted by Gasteiger charge is -2.31. The average molecular weight is 393 g/mol. The minimum atomic E-state index is -3.58. The molecule has 1 saturated heterocycles. The van der Waals surface area contributed by atoms with Gasteiger partial charge in [-0.15, -0.1) is 0 Å². The Balaban J connectivity index is 1.53. The summed E-state index contributed by atoms with van der Waals surface area (Å²) in [7, 11) is -3.58. The topological polar surface area (TPSA) is 53.2 Å². The summed E-state index contributed by atoms with van der Waals surface area (Å²) >= 11 is 6.12. The highest BCUT2D eigenvalue weighted by atomic mass is 35.5. The maximum absolute atomic E-state index is 13.1. The molecule has 2 heterocycles. The molecule has 1 N–H and O–H groups in total. The van der Waals surface area contributed by atoms with E-state index < -0.39 is 15.8 Å². The lowest BCUT2D eigenvalue weighted by Crippen LogP contribution is -2.37. The normalized spacial score (nSPS) is 17.0. The first-order chi connectivity index (χ1) is 12.4. The van der Waals surface area contributed by atoms with Crippen LogP contribution in [0.4, 0.5) is 4.39 Å². The van der Waals surface area contributed by atoms with Crippen LogP contribution in [0.25, 0.3) is 10.9 Å². The van der Waals surface area contributed by atoms with E-state index in [1.807, 2.05) is 24.4 Å². The van der Waals surface area contributed by atoms with Gasteiger partial charge < -0.3 is 4.98 Å². The highest BCUT2D eigenvalue weighted by molar-refractivity contribution is 7.89. The first-order valence-electron chi connectivity index (χ1n) is 8.47. The van der Waals surface area contributed by atoms with E-state index in [-0.39, 0.29) is 10.8 Å². The van der Waals surface area contributed by atoms with Crippen molar-refractivity contribution in [3.05, 3.63) is 65.1 Å². The fourth-order valence-corrected chi connectivity index (χ4v) is 5.26. The molecule has 0 spiro atoms. The molecular weight excluding hydrogens is 375 g/mol. The third-order valence-corrected chi connectivity index (χ3v) is 7.17. The van der Waals surface area contributed by atoms with Crippen LogP contribution in [0.5, 0.6) is 0 Å². The molecule has 0 unspecified atom stereocenters. The summed E-state index contributed by atoms with van der Waals surface area (Å²) < 4.78 is 40.0. The Morgan fingerprint density at radius 1 is 1.08 bits per heavy atom. The predicted molar refractivity (Wildman–Crippen MR) is 100 cm³/mol. The van der Waals surface area contributed by atoms with Crippen molar-refractivity contribution in [3.63, 3.8) is 0 Å². The van der Waals surface area contributed by atoms with Crippen LogP contribution in [0.15, 0.2) is 53.6 Å². The van der Waals surface area contributed by atoms with Gasteiger partial charge in [0, 0.05) is 35.2 Å². The fraction of sp³-hybridized carbons (Fsp3) is 0.263. The molecule has 0 radical (unpaired) electrons. The van der Waals surface area contributed by atoms with Gasteiger partial charge >= 0.3 is 0 Å². The minimum Gasteiger partial charge on any atom is -0.361 e. The maximum atomic E-state index is 13.1. The van der Waals surface area contributed by atoms with Gasteiger partial charge in [-0.05, 0) is 66.8 Å². The first-order valence-corrected chi connectivity index (χ1v) is 10.3. The van der Waals surface area contributed by atoms with E-state index in [1.165, 1.54) is 34.1 Å². The van der Waals surface area contributed by atoms with Crippen molar-refractivity contribution in [3.8, 4) is 0 Å². The van der Waals surface area contributed by atoms with Gasteiger partial charge in [0.05, 0.1) is 4.90 Å². The molecule has 1 aliphatic rings. The molecule has 0 atom stereocenters. The maximum Gasteiger partial charge on any atom is 0.243 e. The lowest BCUT2D eigenvalue weighted by molar-refractivity contribution is 0.320. The molecule has 4 rings (SSSR count). The van der Waals surface area contributed by atoms with Gasteiger partial charge in [0.15, 0.2) is 0 Å². The quantitative estimate of drug-likeness (QED) is 0.712. The number of benzene rings is 2. The summed E-state index contributed by atoms with van der Waals surface area (Å²) in [5.74, 6) is -0.164. The summed E-state index contributed by atoms with van der Waals surface area (Å²) in [5, 5.41) is 1.78. The van der Waals surface area contributed by atoms with E-state index in [2.05, 4.69) is 4.98 Å². The number of aromatic nitrogens is 1. The molecule has 2 aromatic carbocycles. The summed E-state index contributed by atoms with van der Waals surface area (Å²) in [6.07, 6.45) is 3.47. The van der Waals surface area contributed by atoms with E-state index in [1.54, 1.807) is 0 Å². The second-order valence-corrected chi connectivity index (χ2v) is 8.94. The van der Waals surface area contributed by atoms with Gasteiger partial charge in [-0.1, -0.05) is 11.6 Å². The van der Waals surface area contributed by atoms with Gasteiger partial charge in [-0.3, -0.25) is 0 Å². The van der Waals surface area contributed by atoms with Crippen molar-refractivity contribution in [2.75, 3.05) is 13.1 Å². The second-order valence-electron chi connectivity index (χ2n) is 6.57. The number of H-pyrrole nitrogens is 1. The number of piperidine rings is 1. The van der Waals surface area contributed by atoms with Crippen molar-refractivity contribution in [2.45, 2.75) is 23.7 Å². The molecule has 0 saturated carbocycles. The largest absolute Gasteiger partial charge is 0.361 e. The molecule has 1 aromatic heterocycles. The van der Waals surface area contributed by atoms with Crippen molar-refractivity contribution >= 4 is 32.5 Å². The van der Waals surface area contributed by atoms with Crippen LogP contribution in [0.3, 0.4) is 0 Å². The molecule has 4 nitrogen and oxygen atoms in total. The van der Waals surface area contributed by atoms with Crippen molar-refractivity contribution in [1.82, 2.24) is 9.29 Å². The summed E-state index contributed by atoms with van der Waals surface area (Å²) in [4.78, 5) is 3.39. The predicted octanol–water partition coefficient (Wildman–Crippen LogP) is 4.53. The number of nitrogens with one attached hydrogen (secondary N) is 1. The van der Waals surface area contributed by atoms with Crippen LogP contribution in [0.2, 0.25) is 5.02 Å². The minimum absolute atomic E-state index is 0.135. The fourth-order valence-electron chi connectivity index (χ4n) is 3.61. The highest BCUT2D eigenvalue weighted by Gasteiger charge is 2.30. The molecule has 0 amide bonds. The molecule has 136 valence electrons. The summed E-state index contributed by atoms with van der Waals surface area (Å²) in [6, 6.07) is 10.7. The van der Waals surface area contributed by atoms with Crippen molar-refractivity contribution in [2.24, 2.45) is 0 Å². The second kappa shape index (κ2) is 6.68. The molecule has 3 aromatic rings. The Hall–Kier alpha value is -1.89. The molecule has 1 fully saturated rings. The summed E-state index contributed by atoms with van der Waals surface area (Å²) in [6.45, 7) is 0.884. The first kappa shape index (κ1) is 17.5. The number of rotatable bonds is 3. The number of aromatic amines is 1. The third-order valence-electron chi connectivity index (χ3n) is 5.02. The Labute approximate surface area is 156 Å². The Morgan fingerprint density at radius 3 is 2.46 bits per heavy atom. The van der Waals surface area contributed by atoms with E-state index in [0.717, 1.165) is 23.7 Å². The number of hydrogen-bond donors (Lipinski definition) is 1. The number of sulfonamides is 1.